The van der Waals surface area contributed by atoms with Crippen molar-refractivity contribution in [3.05, 3.63) is 64.7 Å². The van der Waals surface area contributed by atoms with E-state index in [1.54, 1.807) is 17.8 Å². The molecule has 0 aliphatic rings. The van der Waals surface area contributed by atoms with E-state index < -0.39 is 12.1 Å². The Labute approximate surface area is 177 Å². The number of hydrogen-bond acceptors (Lipinski definition) is 4. The Kier molecular flexibility index (Phi) is 6.15. The zero-order chi connectivity index (χ0) is 21.1. The van der Waals surface area contributed by atoms with Crippen molar-refractivity contribution >= 4 is 35.2 Å². The molecule has 0 fully saturated rings. The second-order valence-electron chi connectivity index (χ2n) is 6.17. The van der Waals surface area contributed by atoms with Gasteiger partial charge < -0.3 is 14.6 Å². The zero-order valence-electron chi connectivity index (χ0n) is 15.7. The van der Waals surface area contributed by atoms with Gasteiger partial charge in [-0.05, 0) is 13.0 Å². The second kappa shape index (κ2) is 8.59. The minimum absolute atomic E-state index is 0.145. The summed E-state index contributed by atoms with van der Waals surface area (Å²) in [5.74, 6) is -0.312. The fourth-order valence-corrected chi connectivity index (χ4v) is 3.13. The molecule has 1 heterocycles. The van der Waals surface area contributed by atoms with Crippen LogP contribution in [0.25, 0.3) is 17.3 Å². The smallest absolute Gasteiger partial charge is 0.344 e. The molecule has 6 nitrogen and oxygen atoms in total. The monoisotopic (exact) mass is 432 g/mol. The Morgan fingerprint density at radius 2 is 1.86 bits per heavy atom. The quantitative estimate of drug-likeness (QED) is 0.519. The number of rotatable bonds is 7. The molecule has 1 aromatic heterocycles. The van der Waals surface area contributed by atoms with E-state index in [0.717, 1.165) is 5.56 Å². The summed E-state index contributed by atoms with van der Waals surface area (Å²) in [7, 11) is 1.74. The first-order chi connectivity index (χ1) is 13.8. The summed E-state index contributed by atoms with van der Waals surface area (Å²) < 4.78 is 13.0. The number of carboxylic acid groups (broad SMARTS) is 1. The molecule has 0 saturated carbocycles. The van der Waals surface area contributed by atoms with E-state index in [0.29, 0.717) is 17.1 Å². The molecule has 0 bridgehead atoms. The van der Waals surface area contributed by atoms with E-state index in [2.05, 4.69) is 11.7 Å². The van der Waals surface area contributed by atoms with Gasteiger partial charge in [-0.1, -0.05) is 66.2 Å². The number of carboxylic acids is 1. The van der Waals surface area contributed by atoms with Gasteiger partial charge in [-0.3, -0.25) is 0 Å². The average molecular weight is 433 g/mol. The number of benzene rings is 2. The fourth-order valence-electron chi connectivity index (χ4n) is 2.66. The van der Waals surface area contributed by atoms with Gasteiger partial charge in [0.1, 0.15) is 11.4 Å². The van der Waals surface area contributed by atoms with E-state index in [4.69, 9.17) is 37.8 Å². The Balaban J connectivity index is 2.01. The number of carbonyl (C=O) groups is 1. The second-order valence-corrected chi connectivity index (χ2v) is 6.99. The lowest BCUT2D eigenvalue weighted by Gasteiger charge is -2.15. The molecule has 0 spiro atoms. The average Bonchev–Trinajstić information content (AvgIpc) is 3.01. The van der Waals surface area contributed by atoms with Gasteiger partial charge in [0.25, 0.3) is 0 Å². The summed E-state index contributed by atoms with van der Waals surface area (Å²) in [6.07, 6.45) is 0.560. The topological polar surface area (TPSA) is 73.6 Å². The van der Waals surface area contributed by atoms with Crippen LogP contribution in [0.1, 0.15) is 12.5 Å². The van der Waals surface area contributed by atoms with Gasteiger partial charge in [0, 0.05) is 18.7 Å². The summed E-state index contributed by atoms with van der Waals surface area (Å²) in [5, 5.41) is 14.0. The van der Waals surface area contributed by atoms with Crippen LogP contribution in [0.15, 0.2) is 49.0 Å². The largest absolute Gasteiger partial charge is 0.479 e. The van der Waals surface area contributed by atoms with E-state index in [1.807, 2.05) is 30.3 Å². The molecular formula is C21H18Cl2N2O4. The third-order valence-electron chi connectivity index (χ3n) is 4.13. The third-order valence-corrected chi connectivity index (χ3v) is 4.72. The lowest BCUT2D eigenvalue weighted by molar-refractivity contribution is -0.144. The van der Waals surface area contributed by atoms with Gasteiger partial charge >= 0.3 is 5.97 Å². The molecule has 1 N–H and O–H groups in total. The molecule has 0 unspecified atom stereocenters. The minimum atomic E-state index is -1.12. The maximum atomic E-state index is 11.1. The highest BCUT2D eigenvalue weighted by atomic mass is 35.5. The van der Waals surface area contributed by atoms with Crippen LogP contribution in [-0.2, 0) is 11.8 Å². The Morgan fingerprint density at radius 3 is 2.48 bits per heavy atom. The molecule has 0 amide bonds. The highest BCUT2D eigenvalue weighted by Crippen LogP contribution is 2.40. The van der Waals surface area contributed by atoms with Crippen LogP contribution in [-0.4, -0.2) is 27.0 Å². The van der Waals surface area contributed by atoms with Gasteiger partial charge in [0.05, 0.1) is 15.6 Å². The van der Waals surface area contributed by atoms with Crippen molar-refractivity contribution in [2.45, 2.75) is 13.0 Å². The predicted molar refractivity (Wildman–Crippen MR) is 113 cm³/mol. The number of aliphatic carboxylic acids is 1. The van der Waals surface area contributed by atoms with Crippen molar-refractivity contribution in [2.24, 2.45) is 7.05 Å². The maximum absolute atomic E-state index is 11.1. The van der Waals surface area contributed by atoms with E-state index in [-0.39, 0.29) is 21.5 Å². The van der Waals surface area contributed by atoms with Crippen molar-refractivity contribution in [2.75, 3.05) is 0 Å². The first kappa shape index (κ1) is 20.8. The molecule has 0 aliphatic carbocycles. The number of aryl methyl sites for hydroxylation is 1. The third kappa shape index (κ3) is 4.39. The van der Waals surface area contributed by atoms with E-state index in [9.17, 15) is 4.79 Å². The van der Waals surface area contributed by atoms with Gasteiger partial charge in [0.2, 0.25) is 5.88 Å². The number of nitrogens with zero attached hydrogens (tertiary/aromatic N) is 2. The molecule has 29 heavy (non-hydrogen) atoms. The zero-order valence-corrected chi connectivity index (χ0v) is 17.2. The van der Waals surface area contributed by atoms with Crippen LogP contribution >= 0.6 is 23.2 Å². The maximum Gasteiger partial charge on any atom is 0.344 e. The highest BCUT2D eigenvalue weighted by molar-refractivity contribution is 6.36. The van der Waals surface area contributed by atoms with Gasteiger partial charge in [-0.15, -0.1) is 0 Å². The van der Waals surface area contributed by atoms with Crippen molar-refractivity contribution < 1.29 is 19.4 Å². The minimum Gasteiger partial charge on any atom is -0.479 e. The van der Waals surface area contributed by atoms with Crippen molar-refractivity contribution in [3.63, 3.8) is 0 Å². The molecule has 0 saturated heterocycles. The lowest BCUT2D eigenvalue weighted by atomic mass is 10.1. The van der Waals surface area contributed by atoms with Gasteiger partial charge in [-0.25, -0.2) is 9.48 Å². The predicted octanol–water partition coefficient (Wildman–Crippen LogP) is 5.68. The normalized spacial score (nSPS) is 11.7. The molecular weight excluding hydrogens is 415 g/mol. The van der Waals surface area contributed by atoms with Crippen molar-refractivity contribution in [1.82, 2.24) is 9.78 Å². The standard InChI is InChI=1S/C21H18Cl2N2O4/c1-4-14-19(13-8-6-5-7-9-13)24-25(3)20(14)29-18-11-17(15(22)10-16(18)23)28-12(2)21(26)27/h4-12H,1H2,2-3H3,(H,26,27)/t12-/m0/s1. The summed E-state index contributed by atoms with van der Waals surface area (Å²) in [6.45, 7) is 5.27. The van der Waals surface area contributed by atoms with Crippen LogP contribution in [0.3, 0.4) is 0 Å². The van der Waals surface area contributed by atoms with Crippen LogP contribution in [0.5, 0.6) is 17.4 Å². The van der Waals surface area contributed by atoms with E-state index >= 15 is 0 Å². The molecule has 1 atom stereocenters. The Hall–Kier alpha value is -2.96. The number of aromatic nitrogens is 2. The first-order valence-corrected chi connectivity index (χ1v) is 9.38. The Bertz CT molecular complexity index is 1060. The van der Waals surface area contributed by atoms with Crippen LogP contribution < -0.4 is 9.47 Å². The molecule has 8 heteroatoms. The summed E-state index contributed by atoms with van der Waals surface area (Å²) in [5.41, 5.74) is 2.31. The summed E-state index contributed by atoms with van der Waals surface area (Å²) in [4.78, 5) is 11.1. The number of halogens is 2. The van der Waals surface area contributed by atoms with Crippen LogP contribution in [0, 0.1) is 0 Å². The van der Waals surface area contributed by atoms with E-state index in [1.165, 1.54) is 19.1 Å². The Morgan fingerprint density at radius 1 is 1.21 bits per heavy atom. The van der Waals surface area contributed by atoms with Crippen molar-refractivity contribution in [3.8, 4) is 28.6 Å². The molecule has 3 rings (SSSR count). The first-order valence-electron chi connectivity index (χ1n) is 8.63. The SMILES string of the molecule is C=Cc1c(-c2ccccc2)nn(C)c1Oc1cc(O[C@@H](C)C(=O)O)c(Cl)cc1Cl. The molecule has 0 radical (unpaired) electrons. The fraction of sp³-hybridized carbons (Fsp3) is 0.143. The number of hydrogen-bond donors (Lipinski definition) is 1. The van der Waals surface area contributed by atoms with Gasteiger partial charge in [0.15, 0.2) is 11.9 Å². The number of ether oxygens (including phenoxy) is 2. The highest BCUT2D eigenvalue weighted by Gasteiger charge is 2.21. The van der Waals surface area contributed by atoms with Crippen LogP contribution in [0.4, 0.5) is 0 Å². The lowest BCUT2D eigenvalue weighted by Crippen LogP contribution is -2.23. The summed E-state index contributed by atoms with van der Waals surface area (Å²) in [6, 6.07) is 12.5. The molecule has 150 valence electrons. The van der Waals surface area contributed by atoms with Crippen molar-refractivity contribution in [1.29, 1.82) is 0 Å². The molecule has 0 aliphatic heterocycles. The van der Waals surface area contributed by atoms with Crippen LogP contribution in [0.2, 0.25) is 10.0 Å². The summed E-state index contributed by atoms with van der Waals surface area (Å²) >= 11 is 12.4. The molecule has 2 aromatic carbocycles. The van der Waals surface area contributed by atoms with Gasteiger partial charge in [-0.2, -0.15) is 5.10 Å². The molecule has 3 aromatic rings.